The molecule has 1 aromatic carbocycles. The highest BCUT2D eigenvalue weighted by atomic mass is 16.3. The highest BCUT2D eigenvalue weighted by Gasteiger charge is 2.08. The minimum absolute atomic E-state index is 0.595. The summed E-state index contributed by atoms with van der Waals surface area (Å²) in [6.45, 7) is 2.80. The third-order valence-corrected chi connectivity index (χ3v) is 2.29. The second-order valence-corrected chi connectivity index (χ2v) is 3.52. The smallest absolute Gasteiger partial charge is 0.179 e. The van der Waals surface area contributed by atoms with Gasteiger partial charge in [-0.05, 0) is 18.6 Å². The van der Waals surface area contributed by atoms with E-state index in [9.17, 15) is 0 Å². The van der Waals surface area contributed by atoms with Crippen LogP contribution in [0.3, 0.4) is 0 Å². The molecule has 0 amide bonds. The van der Waals surface area contributed by atoms with Crippen LogP contribution >= 0.6 is 0 Å². The fourth-order valence-corrected chi connectivity index (χ4v) is 1.52. The zero-order chi connectivity index (χ0) is 11.4. The molecule has 0 aliphatic carbocycles. The molecule has 0 saturated heterocycles. The van der Waals surface area contributed by atoms with Crippen LogP contribution in [-0.2, 0) is 0 Å². The number of aliphatic imine (C=N–C) groups is 1. The number of hydrazine groups is 1. The maximum Gasteiger partial charge on any atom is 0.179 e. The second-order valence-electron chi connectivity index (χ2n) is 3.52. The first kappa shape index (κ1) is 10.7. The van der Waals surface area contributed by atoms with Gasteiger partial charge in [0.2, 0.25) is 0 Å². The average molecular weight is 217 g/mol. The van der Waals surface area contributed by atoms with Crippen LogP contribution < -0.4 is 11.3 Å². The van der Waals surface area contributed by atoms with Crippen LogP contribution in [0.5, 0.6) is 0 Å². The Hall–Kier alpha value is -1.81. The molecule has 0 fully saturated rings. The fraction of sp³-hybridized carbons (Fsp3) is 0.250. The Balaban J connectivity index is 2.38. The first-order valence-electron chi connectivity index (χ1n) is 5.35. The molecule has 0 spiro atoms. The van der Waals surface area contributed by atoms with Crippen molar-refractivity contribution in [3.05, 3.63) is 36.1 Å². The summed E-state index contributed by atoms with van der Waals surface area (Å²) in [6, 6.07) is 9.77. The zero-order valence-corrected chi connectivity index (χ0v) is 9.23. The monoisotopic (exact) mass is 217 g/mol. The first-order chi connectivity index (χ1) is 7.85. The van der Waals surface area contributed by atoms with E-state index >= 15 is 0 Å². The molecule has 4 nitrogen and oxygen atoms in total. The molecular formula is C12H15N3O. The molecule has 3 N–H and O–H groups in total. The molecule has 0 atom stereocenters. The Kier molecular flexibility index (Phi) is 3.22. The molecule has 0 saturated carbocycles. The molecule has 4 heteroatoms. The van der Waals surface area contributed by atoms with Crippen molar-refractivity contribution in [1.82, 2.24) is 5.43 Å². The van der Waals surface area contributed by atoms with Crippen molar-refractivity contribution in [2.24, 2.45) is 10.8 Å². The van der Waals surface area contributed by atoms with Gasteiger partial charge < -0.3 is 9.84 Å². The molecule has 1 heterocycles. The predicted octanol–water partition coefficient (Wildman–Crippen LogP) is 2.05. The molecule has 0 aliphatic heterocycles. The Bertz CT molecular complexity index is 469. The SMILES string of the molecule is CCCN=C(NN)c1cc2ccccc2o1. The van der Waals surface area contributed by atoms with Crippen molar-refractivity contribution >= 4 is 16.8 Å². The van der Waals surface area contributed by atoms with Crippen molar-refractivity contribution in [1.29, 1.82) is 0 Å². The number of nitrogens with zero attached hydrogens (tertiary/aromatic N) is 1. The van der Waals surface area contributed by atoms with Crippen LogP contribution in [0.25, 0.3) is 11.0 Å². The van der Waals surface area contributed by atoms with E-state index in [-0.39, 0.29) is 0 Å². The van der Waals surface area contributed by atoms with E-state index in [0.29, 0.717) is 11.6 Å². The van der Waals surface area contributed by atoms with Crippen LogP contribution in [0.4, 0.5) is 0 Å². The number of rotatable bonds is 3. The van der Waals surface area contributed by atoms with Gasteiger partial charge in [-0.3, -0.25) is 4.99 Å². The number of benzene rings is 1. The van der Waals surface area contributed by atoms with Gasteiger partial charge in [-0.1, -0.05) is 25.1 Å². The predicted molar refractivity (Wildman–Crippen MR) is 65.2 cm³/mol. The highest BCUT2D eigenvalue weighted by molar-refractivity contribution is 5.99. The largest absolute Gasteiger partial charge is 0.453 e. The molecule has 1 aromatic heterocycles. The summed E-state index contributed by atoms with van der Waals surface area (Å²) in [5.74, 6) is 6.70. The number of furan rings is 1. The van der Waals surface area contributed by atoms with Crippen molar-refractivity contribution in [2.45, 2.75) is 13.3 Å². The van der Waals surface area contributed by atoms with Gasteiger partial charge in [0.15, 0.2) is 11.6 Å². The van der Waals surface area contributed by atoms with Gasteiger partial charge in [-0.25, -0.2) is 5.84 Å². The molecule has 0 bridgehead atoms. The number of nitrogens with one attached hydrogen (secondary N) is 1. The maximum absolute atomic E-state index is 5.64. The van der Waals surface area contributed by atoms with Crippen molar-refractivity contribution in [2.75, 3.05) is 6.54 Å². The topological polar surface area (TPSA) is 63.5 Å². The Morgan fingerprint density at radius 2 is 2.25 bits per heavy atom. The average Bonchev–Trinajstić information content (AvgIpc) is 2.73. The zero-order valence-electron chi connectivity index (χ0n) is 9.23. The number of fused-ring (bicyclic) bond motifs is 1. The third kappa shape index (κ3) is 2.06. The number of amidine groups is 1. The fourth-order valence-electron chi connectivity index (χ4n) is 1.52. The van der Waals surface area contributed by atoms with Gasteiger partial charge in [-0.15, -0.1) is 0 Å². The van der Waals surface area contributed by atoms with Gasteiger partial charge in [-0.2, -0.15) is 0 Å². The Morgan fingerprint density at radius 1 is 1.44 bits per heavy atom. The number of hydrogen-bond donors (Lipinski definition) is 2. The van der Waals surface area contributed by atoms with E-state index in [1.807, 2.05) is 30.3 Å². The summed E-state index contributed by atoms with van der Waals surface area (Å²) in [7, 11) is 0. The van der Waals surface area contributed by atoms with Gasteiger partial charge in [0.1, 0.15) is 5.58 Å². The summed E-state index contributed by atoms with van der Waals surface area (Å²) in [5, 5.41) is 1.05. The van der Waals surface area contributed by atoms with E-state index in [1.165, 1.54) is 0 Å². The normalized spacial score (nSPS) is 12.0. The van der Waals surface area contributed by atoms with Gasteiger partial charge in [0.25, 0.3) is 0 Å². The minimum Gasteiger partial charge on any atom is -0.453 e. The second kappa shape index (κ2) is 4.81. The number of nitrogens with two attached hydrogens (primary N) is 1. The molecule has 2 aromatic rings. The molecule has 2 rings (SSSR count). The van der Waals surface area contributed by atoms with E-state index in [1.54, 1.807) is 0 Å². The quantitative estimate of drug-likeness (QED) is 0.358. The lowest BCUT2D eigenvalue weighted by Gasteiger charge is -2.00. The Labute approximate surface area is 94.1 Å². The molecule has 16 heavy (non-hydrogen) atoms. The molecule has 84 valence electrons. The molecule has 0 radical (unpaired) electrons. The summed E-state index contributed by atoms with van der Waals surface area (Å²) >= 11 is 0. The lowest BCUT2D eigenvalue weighted by Crippen LogP contribution is -2.31. The van der Waals surface area contributed by atoms with Crippen molar-refractivity contribution < 1.29 is 4.42 Å². The lowest BCUT2D eigenvalue weighted by atomic mass is 10.2. The van der Waals surface area contributed by atoms with Gasteiger partial charge >= 0.3 is 0 Å². The van der Waals surface area contributed by atoms with E-state index in [0.717, 1.165) is 23.9 Å². The van der Waals surface area contributed by atoms with E-state index < -0.39 is 0 Å². The van der Waals surface area contributed by atoms with Gasteiger partial charge in [0, 0.05) is 11.9 Å². The molecule has 0 aliphatic rings. The standard InChI is InChI=1S/C12H15N3O/c1-2-7-14-12(15-13)11-8-9-5-3-4-6-10(9)16-11/h3-6,8H,2,7,13H2,1H3,(H,14,15). The summed E-state index contributed by atoms with van der Waals surface area (Å²) in [4.78, 5) is 4.31. The molecular weight excluding hydrogens is 202 g/mol. The van der Waals surface area contributed by atoms with Gasteiger partial charge in [0.05, 0.1) is 0 Å². The number of para-hydroxylation sites is 1. The van der Waals surface area contributed by atoms with Crippen molar-refractivity contribution in [3.8, 4) is 0 Å². The van der Waals surface area contributed by atoms with Crippen molar-refractivity contribution in [3.63, 3.8) is 0 Å². The Morgan fingerprint density at radius 3 is 2.94 bits per heavy atom. The summed E-state index contributed by atoms with van der Waals surface area (Å²) < 4.78 is 5.64. The number of hydrogen-bond acceptors (Lipinski definition) is 3. The minimum atomic E-state index is 0.595. The van der Waals surface area contributed by atoms with Crippen LogP contribution in [0, 0.1) is 0 Å². The van der Waals surface area contributed by atoms with E-state index in [2.05, 4.69) is 17.3 Å². The maximum atomic E-state index is 5.64. The van der Waals surface area contributed by atoms with Crippen LogP contribution in [0.2, 0.25) is 0 Å². The van der Waals surface area contributed by atoms with Crippen LogP contribution in [0.15, 0.2) is 39.7 Å². The van der Waals surface area contributed by atoms with Crippen LogP contribution in [-0.4, -0.2) is 12.4 Å². The van der Waals surface area contributed by atoms with Crippen LogP contribution in [0.1, 0.15) is 19.1 Å². The summed E-state index contributed by atoms with van der Waals surface area (Å²) in [6.07, 6.45) is 0.978. The highest BCUT2D eigenvalue weighted by Crippen LogP contribution is 2.18. The lowest BCUT2D eigenvalue weighted by molar-refractivity contribution is 0.599. The summed E-state index contributed by atoms with van der Waals surface area (Å²) in [5.41, 5.74) is 3.41. The van der Waals surface area contributed by atoms with E-state index in [4.69, 9.17) is 10.3 Å². The first-order valence-corrected chi connectivity index (χ1v) is 5.35. The third-order valence-electron chi connectivity index (χ3n) is 2.29. The molecule has 0 unspecified atom stereocenters.